The molecular formula is C26H44O6. The summed E-state index contributed by atoms with van der Waals surface area (Å²) in [7, 11) is 0. The number of hydrogen-bond acceptors (Lipinski definition) is 6. The molecule has 3 saturated heterocycles. The van der Waals surface area contributed by atoms with E-state index in [0.717, 1.165) is 51.4 Å². The van der Waals surface area contributed by atoms with Gasteiger partial charge in [-0.05, 0) is 52.4 Å². The van der Waals surface area contributed by atoms with Gasteiger partial charge in [0, 0.05) is 11.8 Å². The molecule has 32 heavy (non-hydrogen) atoms. The molecule has 6 nitrogen and oxygen atoms in total. The van der Waals surface area contributed by atoms with Gasteiger partial charge >= 0.3 is 11.9 Å². The molecule has 0 N–H and O–H groups in total. The molecular weight excluding hydrogens is 408 g/mol. The number of esters is 2. The van der Waals surface area contributed by atoms with Crippen LogP contribution < -0.4 is 0 Å². The van der Waals surface area contributed by atoms with Crippen LogP contribution in [0.5, 0.6) is 0 Å². The number of fused-ring (bicyclic) bond motifs is 4. The standard InChI is InChI=1S/C26H44O6/c1-7-9-19-15(3)21-11-13-24(29-21)18(6)26(28)32-20(10-8-2)16(4)22-12-14-23(30-22)17(5)25(27)31-19/h15-24H,7-14H2,1-6H3/t15-,16+,17-,18-,19-,20+,21-,22-,23+,24+/m0/s1. The monoisotopic (exact) mass is 452 g/mol. The molecule has 0 unspecified atom stereocenters. The van der Waals surface area contributed by atoms with Gasteiger partial charge in [-0.15, -0.1) is 0 Å². The van der Waals surface area contributed by atoms with Gasteiger partial charge in [-0.25, -0.2) is 0 Å². The van der Waals surface area contributed by atoms with Gasteiger partial charge in [-0.3, -0.25) is 9.59 Å². The van der Waals surface area contributed by atoms with Gasteiger partial charge in [-0.2, -0.15) is 0 Å². The van der Waals surface area contributed by atoms with Crippen molar-refractivity contribution in [3.8, 4) is 0 Å². The minimum atomic E-state index is -0.309. The average molecular weight is 453 g/mol. The molecule has 0 aromatic carbocycles. The lowest BCUT2D eigenvalue weighted by Crippen LogP contribution is -2.40. The summed E-state index contributed by atoms with van der Waals surface area (Å²) >= 11 is 0. The molecule has 0 spiro atoms. The molecule has 3 aliphatic heterocycles. The van der Waals surface area contributed by atoms with Crippen molar-refractivity contribution in [2.75, 3.05) is 0 Å². The first kappa shape index (κ1) is 25.5. The maximum atomic E-state index is 13.1. The van der Waals surface area contributed by atoms with E-state index in [1.54, 1.807) is 0 Å². The summed E-state index contributed by atoms with van der Waals surface area (Å²) in [5.41, 5.74) is 0. The largest absolute Gasteiger partial charge is 0.462 e. The smallest absolute Gasteiger partial charge is 0.311 e. The van der Waals surface area contributed by atoms with Crippen LogP contribution in [-0.4, -0.2) is 48.6 Å². The minimum Gasteiger partial charge on any atom is -0.462 e. The first-order valence-corrected chi connectivity index (χ1v) is 13.0. The molecule has 3 heterocycles. The van der Waals surface area contributed by atoms with Crippen molar-refractivity contribution in [2.45, 2.75) is 130 Å². The summed E-state index contributed by atoms with van der Waals surface area (Å²) in [5, 5.41) is 0. The first-order chi connectivity index (χ1) is 15.3. The van der Waals surface area contributed by atoms with E-state index in [1.165, 1.54) is 0 Å². The van der Waals surface area contributed by atoms with Crippen molar-refractivity contribution in [1.82, 2.24) is 0 Å². The zero-order valence-electron chi connectivity index (χ0n) is 20.9. The maximum Gasteiger partial charge on any atom is 0.311 e. The van der Waals surface area contributed by atoms with Gasteiger partial charge in [0.15, 0.2) is 0 Å². The van der Waals surface area contributed by atoms with Crippen molar-refractivity contribution in [3.63, 3.8) is 0 Å². The van der Waals surface area contributed by atoms with Gasteiger partial charge in [-0.1, -0.05) is 40.5 Å². The topological polar surface area (TPSA) is 71.1 Å². The highest BCUT2D eigenvalue weighted by Crippen LogP contribution is 2.37. The van der Waals surface area contributed by atoms with Crippen LogP contribution in [0.25, 0.3) is 0 Å². The Hall–Kier alpha value is -1.14. The summed E-state index contributed by atoms with van der Waals surface area (Å²) in [5.74, 6) is -0.790. The molecule has 0 radical (unpaired) electrons. The predicted molar refractivity (Wildman–Crippen MR) is 122 cm³/mol. The van der Waals surface area contributed by atoms with Crippen molar-refractivity contribution >= 4 is 11.9 Å². The van der Waals surface area contributed by atoms with Gasteiger partial charge in [0.25, 0.3) is 0 Å². The van der Waals surface area contributed by atoms with Gasteiger partial charge < -0.3 is 18.9 Å². The lowest BCUT2D eigenvalue weighted by molar-refractivity contribution is -0.171. The van der Waals surface area contributed by atoms with Crippen LogP contribution in [-0.2, 0) is 28.5 Å². The molecule has 6 heteroatoms. The van der Waals surface area contributed by atoms with E-state index in [4.69, 9.17) is 18.9 Å². The van der Waals surface area contributed by atoms with Crippen molar-refractivity contribution < 1.29 is 28.5 Å². The zero-order valence-corrected chi connectivity index (χ0v) is 20.9. The van der Waals surface area contributed by atoms with E-state index < -0.39 is 0 Å². The Kier molecular flexibility index (Phi) is 9.02. The van der Waals surface area contributed by atoms with E-state index in [0.29, 0.717) is 0 Å². The van der Waals surface area contributed by atoms with E-state index in [2.05, 4.69) is 27.7 Å². The van der Waals surface area contributed by atoms with E-state index in [9.17, 15) is 9.59 Å². The second-order valence-electron chi connectivity index (χ2n) is 10.4. The Morgan fingerprint density at radius 1 is 0.625 bits per heavy atom. The van der Waals surface area contributed by atoms with Crippen LogP contribution in [0.2, 0.25) is 0 Å². The van der Waals surface area contributed by atoms with Gasteiger partial charge in [0.2, 0.25) is 0 Å². The third kappa shape index (κ3) is 5.67. The highest BCUT2D eigenvalue weighted by atomic mass is 16.6. The summed E-state index contributed by atoms with van der Waals surface area (Å²) in [6.07, 6.45) is 6.22. The number of carbonyl (C=O) groups is 2. The molecule has 184 valence electrons. The fourth-order valence-corrected chi connectivity index (χ4v) is 5.61. The van der Waals surface area contributed by atoms with Crippen molar-refractivity contribution in [2.24, 2.45) is 23.7 Å². The Labute approximate surface area is 194 Å². The average Bonchev–Trinajstić information content (AvgIpc) is 3.46. The Balaban J connectivity index is 1.85. The molecule has 0 amide bonds. The number of cyclic esters (lactones) is 2. The van der Waals surface area contributed by atoms with Crippen LogP contribution in [0.15, 0.2) is 0 Å². The first-order valence-electron chi connectivity index (χ1n) is 13.0. The zero-order chi connectivity index (χ0) is 23.4. The van der Waals surface area contributed by atoms with E-state index in [1.807, 2.05) is 13.8 Å². The van der Waals surface area contributed by atoms with E-state index in [-0.39, 0.29) is 72.2 Å². The van der Waals surface area contributed by atoms with Crippen molar-refractivity contribution in [1.29, 1.82) is 0 Å². The predicted octanol–water partition coefficient (Wildman–Crippen LogP) is 5.06. The normalized spacial score (nSPS) is 43.7. The SMILES string of the molecule is CCC[C@@H]1OC(=O)[C@@H](C)[C@H]2CC[C@H](O2)[C@H](C)[C@@H](CCC)OC(=O)[C@@H](C)[C@H]2CC[C@H](O2)[C@H]1C. The second-order valence-corrected chi connectivity index (χ2v) is 10.4. The molecule has 10 atom stereocenters. The molecule has 3 fully saturated rings. The van der Waals surface area contributed by atoms with Crippen molar-refractivity contribution in [3.05, 3.63) is 0 Å². The summed E-state index contributed by atoms with van der Waals surface area (Å²) < 4.78 is 24.8. The van der Waals surface area contributed by atoms with Crippen LogP contribution in [0.1, 0.15) is 92.9 Å². The summed E-state index contributed by atoms with van der Waals surface area (Å²) in [4.78, 5) is 26.1. The summed E-state index contributed by atoms with van der Waals surface area (Å²) in [6, 6.07) is 0. The van der Waals surface area contributed by atoms with Crippen LogP contribution >= 0.6 is 0 Å². The molecule has 3 aliphatic rings. The molecule has 0 saturated carbocycles. The lowest BCUT2D eigenvalue weighted by Gasteiger charge is -2.33. The van der Waals surface area contributed by atoms with Gasteiger partial charge in [0.05, 0.1) is 36.3 Å². The minimum absolute atomic E-state index is 0.0136. The second kappa shape index (κ2) is 11.3. The number of ether oxygens (including phenoxy) is 4. The van der Waals surface area contributed by atoms with Crippen LogP contribution in [0.4, 0.5) is 0 Å². The fraction of sp³-hybridized carbons (Fsp3) is 0.923. The molecule has 0 aromatic rings. The Morgan fingerprint density at radius 3 is 1.31 bits per heavy atom. The molecule has 0 aromatic heterocycles. The third-order valence-corrected chi connectivity index (χ3v) is 8.06. The van der Waals surface area contributed by atoms with Crippen LogP contribution in [0.3, 0.4) is 0 Å². The van der Waals surface area contributed by atoms with E-state index >= 15 is 0 Å². The number of rotatable bonds is 4. The number of carbonyl (C=O) groups excluding carboxylic acids is 2. The highest BCUT2D eigenvalue weighted by Gasteiger charge is 2.43. The third-order valence-electron chi connectivity index (χ3n) is 8.06. The highest BCUT2D eigenvalue weighted by molar-refractivity contribution is 5.73. The Bertz CT molecular complexity index is 582. The Morgan fingerprint density at radius 2 is 0.969 bits per heavy atom. The maximum absolute atomic E-state index is 13.1. The summed E-state index contributed by atoms with van der Waals surface area (Å²) in [6.45, 7) is 12.3. The quantitative estimate of drug-likeness (QED) is 0.555. The van der Waals surface area contributed by atoms with Crippen LogP contribution in [0, 0.1) is 23.7 Å². The van der Waals surface area contributed by atoms with Gasteiger partial charge in [0.1, 0.15) is 12.2 Å². The number of hydrogen-bond donors (Lipinski definition) is 0. The molecule has 0 aliphatic carbocycles. The molecule has 3 rings (SSSR count). The lowest BCUT2D eigenvalue weighted by atomic mass is 9.91. The fourth-order valence-electron chi connectivity index (χ4n) is 5.61. The molecule has 4 bridgehead atoms.